The summed E-state index contributed by atoms with van der Waals surface area (Å²) in [6.07, 6.45) is 2.46. The van der Waals surface area contributed by atoms with E-state index in [4.69, 9.17) is 0 Å². The van der Waals surface area contributed by atoms with Gasteiger partial charge in [-0.15, -0.1) is 0 Å². The fraction of sp³-hybridized carbons (Fsp3) is 0.667. The van der Waals surface area contributed by atoms with Gasteiger partial charge in [-0.3, -0.25) is 0 Å². The number of likely N-dealkylation sites (N-methyl/N-ethyl adjacent to an activating group) is 1. The molecule has 1 aromatic rings. The number of nitrogens with one attached hydrogen (secondary N) is 1. The highest BCUT2D eigenvalue weighted by Gasteiger charge is 2.25. The number of para-hydroxylation sites is 1. The van der Waals surface area contributed by atoms with E-state index in [9.17, 15) is 0 Å². The molecule has 2 nitrogen and oxygen atoms in total. The summed E-state index contributed by atoms with van der Waals surface area (Å²) in [7, 11) is 0. The number of hydrogen-bond acceptors (Lipinski definition) is 2. The Hall–Kier alpha value is -1.02. The molecule has 1 aliphatic rings. The van der Waals surface area contributed by atoms with Gasteiger partial charge in [0, 0.05) is 24.8 Å². The molecule has 3 unspecified atom stereocenters. The molecule has 0 saturated heterocycles. The van der Waals surface area contributed by atoms with E-state index < -0.39 is 0 Å². The van der Waals surface area contributed by atoms with Crippen molar-refractivity contribution in [2.24, 2.45) is 11.8 Å². The number of rotatable bonds is 6. The first kappa shape index (κ1) is 15.4. The van der Waals surface area contributed by atoms with Crippen LogP contribution in [-0.4, -0.2) is 25.7 Å². The third kappa shape index (κ3) is 3.54. The Morgan fingerprint density at radius 3 is 2.75 bits per heavy atom. The van der Waals surface area contributed by atoms with Crippen LogP contribution in [-0.2, 0) is 6.42 Å². The van der Waals surface area contributed by atoms with Crippen molar-refractivity contribution in [2.45, 2.75) is 46.6 Å². The first-order valence-electron chi connectivity index (χ1n) is 8.21. The maximum atomic E-state index is 3.68. The number of nitrogens with zero attached hydrogens (tertiary/aromatic N) is 1. The standard InChI is InChI=1S/C18H30N2/c1-5-15(4)17(19-6-2)13-20-12-14(3)11-16-9-7-8-10-18(16)20/h7-10,14-15,17,19H,5-6,11-13H2,1-4H3. The van der Waals surface area contributed by atoms with Crippen LogP contribution in [0.25, 0.3) is 0 Å². The van der Waals surface area contributed by atoms with Gasteiger partial charge in [0.25, 0.3) is 0 Å². The number of hydrogen-bond donors (Lipinski definition) is 1. The molecule has 0 amide bonds. The van der Waals surface area contributed by atoms with Crippen LogP contribution < -0.4 is 10.2 Å². The lowest BCUT2D eigenvalue weighted by Crippen LogP contribution is -2.47. The lowest BCUT2D eigenvalue weighted by Gasteiger charge is -2.38. The Labute approximate surface area is 124 Å². The van der Waals surface area contributed by atoms with Crippen molar-refractivity contribution in [3.8, 4) is 0 Å². The SMILES string of the molecule is CCNC(CN1CC(C)Cc2ccccc21)C(C)CC. The molecule has 0 saturated carbocycles. The summed E-state index contributed by atoms with van der Waals surface area (Å²) in [4.78, 5) is 2.60. The minimum absolute atomic E-state index is 0.586. The predicted molar refractivity (Wildman–Crippen MR) is 88.4 cm³/mol. The van der Waals surface area contributed by atoms with Gasteiger partial charge in [-0.1, -0.05) is 52.3 Å². The monoisotopic (exact) mass is 274 g/mol. The van der Waals surface area contributed by atoms with Gasteiger partial charge in [-0.25, -0.2) is 0 Å². The third-order valence-electron chi connectivity index (χ3n) is 4.65. The molecular weight excluding hydrogens is 244 g/mol. The van der Waals surface area contributed by atoms with Crippen LogP contribution in [0.2, 0.25) is 0 Å². The summed E-state index contributed by atoms with van der Waals surface area (Å²) >= 11 is 0. The first-order valence-corrected chi connectivity index (χ1v) is 8.21. The summed E-state index contributed by atoms with van der Waals surface area (Å²) in [6, 6.07) is 9.52. The molecule has 0 radical (unpaired) electrons. The zero-order chi connectivity index (χ0) is 14.5. The topological polar surface area (TPSA) is 15.3 Å². The van der Waals surface area contributed by atoms with Crippen molar-refractivity contribution in [3.63, 3.8) is 0 Å². The lowest BCUT2D eigenvalue weighted by molar-refractivity contribution is 0.363. The summed E-state index contributed by atoms with van der Waals surface area (Å²) in [5.74, 6) is 1.48. The predicted octanol–water partition coefficient (Wildman–Crippen LogP) is 3.71. The highest BCUT2D eigenvalue weighted by Crippen LogP contribution is 2.30. The zero-order valence-corrected chi connectivity index (χ0v) is 13.5. The van der Waals surface area contributed by atoms with Crippen molar-refractivity contribution in [1.29, 1.82) is 0 Å². The average molecular weight is 274 g/mol. The zero-order valence-electron chi connectivity index (χ0n) is 13.5. The van der Waals surface area contributed by atoms with Crippen LogP contribution in [0.3, 0.4) is 0 Å². The summed E-state index contributed by atoms with van der Waals surface area (Å²) in [5.41, 5.74) is 2.97. The fourth-order valence-corrected chi connectivity index (χ4v) is 3.31. The van der Waals surface area contributed by atoms with Gasteiger partial charge in [-0.2, -0.15) is 0 Å². The molecule has 0 bridgehead atoms. The van der Waals surface area contributed by atoms with Gasteiger partial charge >= 0.3 is 0 Å². The van der Waals surface area contributed by atoms with E-state index in [0.717, 1.165) is 24.9 Å². The number of anilines is 1. The first-order chi connectivity index (χ1) is 9.65. The molecule has 2 heteroatoms. The van der Waals surface area contributed by atoms with E-state index in [1.165, 1.54) is 30.6 Å². The van der Waals surface area contributed by atoms with Crippen molar-refractivity contribution in [1.82, 2.24) is 5.32 Å². The number of benzene rings is 1. The molecule has 1 aliphatic heterocycles. The van der Waals surface area contributed by atoms with Crippen molar-refractivity contribution >= 4 is 5.69 Å². The van der Waals surface area contributed by atoms with Gasteiger partial charge in [0.2, 0.25) is 0 Å². The minimum atomic E-state index is 0.586. The van der Waals surface area contributed by atoms with Gasteiger partial charge in [0.1, 0.15) is 0 Å². The van der Waals surface area contributed by atoms with Crippen molar-refractivity contribution in [3.05, 3.63) is 29.8 Å². The highest BCUT2D eigenvalue weighted by atomic mass is 15.2. The molecular formula is C18H30N2. The second kappa shape index (κ2) is 7.12. The summed E-state index contributed by atoms with van der Waals surface area (Å²) in [6.45, 7) is 12.6. The summed E-state index contributed by atoms with van der Waals surface area (Å²) in [5, 5.41) is 3.68. The largest absolute Gasteiger partial charge is 0.369 e. The second-order valence-electron chi connectivity index (χ2n) is 6.39. The molecule has 1 aromatic carbocycles. The van der Waals surface area contributed by atoms with Crippen LogP contribution in [0.4, 0.5) is 5.69 Å². The molecule has 0 spiro atoms. The van der Waals surface area contributed by atoms with Crippen LogP contribution >= 0.6 is 0 Å². The maximum absolute atomic E-state index is 3.68. The molecule has 0 aromatic heterocycles. The Bertz CT molecular complexity index is 416. The van der Waals surface area contributed by atoms with Gasteiger partial charge in [0.05, 0.1) is 0 Å². The smallest absolute Gasteiger partial charge is 0.0399 e. The van der Waals surface area contributed by atoms with E-state index in [1.54, 1.807) is 0 Å². The van der Waals surface area contributed by atoms with E-state index in [-0.39, 0.29) is 0 Å². The van der Waals surface area contributed by atoms with Crippen LogP contribution in [0.15, 0.2) is 24.3 Å². The second-order valence-corrected chi connectivity index (χ2v) is 6.39. The van der Waals surface area contributed by atoms with E-state index in [2.05, 4.69) is 62.2 Å². The quantitative estimate of drug-likeness (QED) is 0.850. The van der Waals surface area contributed by atoms with Crippen LogP contribution in [0, 0.1) is 11.8 Å². The van der Waals surface area contributed by atoms with Crippen LogP contribution in [0.1, 0.15) is 39.7 Å². The number of fused-ring (bicyclic) bond motifs is 1. The van der Waals surface area contributed by atoms with E-state index >= 15 is 0 Å². The molecule has 2 rings (SSSR count). The normalized spacial score (nSPS) is 21.4. The Kier molecular flexibility index (Phi) is 5.47. The molecule has 0 aliphatic carbocycles. The molecule has 0 fully saturated rings. The van der Waals surface area contributed by atoms with Gasteiger partial charge in [0.15, 0.2) is 0 Å². The minimum Gasteiger partial charge on any atom is -0.369 e. The fourth-order valence-electron chi connectivity index (χ4n) is 3.31. The van der Waals surface area contributed by atoms with Crippen molar-refractivity contribution in [2.75, 3.05) is 24.5 Å². The van der Waals surface area contributed by atoms with Crippen LogP contribution in [0.5, 0.6) is 0 Å². The molecule has 1 heterocycles. The highest BCUT2D eigenvalue weighted by molar-refractivity contribution is 5.55. The average Bonchev–Trinajstić information content (AvgIpc) is 2.45. The van der Waals surface area contributed by atoms with Gasteiger partial charge in [-0.05, 0) is 36.4 Å². The Morgan fingerprint density at radius 2 is 2.05 bits per heavy atom. The molecule has 20 heavy (non-hydrogen) atoms. The Morgan fingerprint density at radius 1 is 1.30 bits per heavy atom. The molecule has 3 atom stereocenters. The van der Waals surface area contributed by atoms with Gasteiger partial charge < -0.3 is 10.2 Å². The molecule has 112 valence electrons. The molecule has 1 N–H and O–H groups in total. The van der Waals surface area contributed by atoms with Crippen molar-refractivity contribution < 1.29 is 0 Å². The Balaban J connectivity index is 2.15. The summed E-state index contributed by atoms with van der Waals surface area (Å²) < 4.78 is 0. The maximum Gasteiger partial charge on any atom is 0.0399 e. The van der Waals surface area contributed by atoms with E-state index in [0.29, 0.717) is 6.04 Å². The van der Waals surface area contributed by atoms with E-state index in [1.807, 2.05) is 0 Å². The third-order valence-corrected chi connectivity index (χ3v) is 4.65. The lowest BCUT2D eigenvalue weighted by atomic mass is 9.92.